The summed E-state index contributed by atoms with van der Waals surface area (Å²) in [6, 6.07) is 14.1. The summed E-state index contributed by atoms with van der Waals surface area (Å²) in [5.41, 5.74) is 1.35. The molecular formula is C20H23NO4. The van der Waals surface area contributed by atoms with Crippen LogP contribution in [0.4, 0.5) is 0 Å². The third kappa shape index (κ3) is 3.51. The van der Waals surface area contributed by atoms with E-state index in [1.54, 1.807) is 7.11 Å². The summed E-state index contributed by atoms with van der Waals surface area (Å²) in [5, 5.41) is 3.49. The number of benzene rings is 2. The first-order valence-corrected chi connectivity index (χ1v) is 8.70. The van der Waals surface area contributed by atoms with Crippen molar-refractivity contribution in [3.05, 3.63) is 48.0 Å². The van der Waals surface area contributed by atoms with E-state index < -0.39 is 0 Å². The minimum atomic E-state index is 0.283. The first-order valence-electron chi connectivity index (χ1n) is 8.70. The summed E-state index contributed by atoms with van der Waals surface area (Å²) in [6.45, 7) is 2.95. The number of hydrogen-bond donors (Lipinski definition) is 1. The van der Waals surface area contributed by atoms with Crippen LogP contribution in [0.1, 0.15) is 17.9 Å². The van der Waals surface area contributed by atoms with Crippen molar-refractivity contribution in [2.24, 2.45) is 5.92 Å². The van der Waals surface area contributed by atoms with Gasteiger partial charge in [0.05, 0.1) is 13.7 Å². The third-order valence-electron chi connectivity index (χ3n) is 4.96. The lowest BCUT2D eigenvalue weighted by atomic mass is 9.81. The number of hydrogen-bond acceptors (Lipinski definition) is 5. The van der Waals surface area contributed by atoms with Gasteiger partial charge in [-0.1, -0.05) is 12.1 Å². The van der Waals surface area contributed by atoms with Crippen LogP contribution in [0.25, 0.3) is 0 Å². The zero-order valence-electron chi connectivity index (χ0n) is 14.4. The van der Waals surface area contributed by atoms with Gasteiger partial charge >= 0.3 is 0 Å². The molecule has 5 nitrogen and oxygen atoms in total. The number of piperidine rings is 1. The van der Waals surface area contributed by atoms with Gasteiger partial charge < -0.3 is 24.3 Å². The van der Waals surface area contributed by atoms with Crippen molar-refractivity contribution in [3.63, 3.8) is 0 Å². The summed E-state index contributed by atoms with van der Waals surface area (Å²) in [5.74, 6) is 4.16. The van der Waals surface area contributed by atoms with Gasteiger partial charge in [-0.05, 0) is 48.7 Å². The Morgan fingerprint density at radius 2 is 1.84 bits per heavy atom. The number of nitrogens with one attached hydrogen (secondary N) is 1. The Kier molecular flexibility index (Phi) is 4.65. The number of methoxy groups -OCH3 is 1. The van der Waals surface area contributed by atoms with E-state index in [0.29, 0.717) is 18.4 Å². The summed E-state index contributed by atoms with van der Waals surface area (Å²) in [4.78, 5) is 0. The van der Waals surface area contributed by atoms with Crippen molar-refractivity contribution in [2.45, 2.75) is 12.3 Å². The van der Waals surface area contributed by atoms with E-state index in [9.17, 15) is 0 Å². The Bertz CT molecular complexity index is 716. The van der Waals surface area contributed by atoms with Crippen LogP contribution in [0, 0.1) is 5.92 Å². The number of ether oxygens (including phenoxy) is 4. The van der Waals surface area contributed by atoms with Gasteiger partial charge in [0.25, 0.3) is 0 Å². The van der Waals surface area contributed by atoms with Crippen LogP contribution >= 0.6 is 0 Å². The molecule has 4 rings (SSSR count). The average molecular weight is 341 g/mol. The largest absolute Gasteiger partial charge is 0.497 e. The monoisotopic (exact) mass is 341 g/mol. The SMILES string of the molecule is COc1ccc(C2CCNC[C@H]2COc2ccc3c(c2)OCO3)cc1. The smallest absolute Gasteiger partial charge is 0.231 e. The zero-order valence-corrected chi connectivity index (χ0v) is 14.4. The molecule has 1 N–H and O–H groups in total. The second-order valence-electron chi connectivity index (χ2n) is 6.46. The van der Waals surface area contributed by atoms with Crippen molar-refractivity contribution < 1.29 is 18.9 Å². The number of fused-ring (bicyclic) bond motifs is 1. The Morgan fingerprint density at radius 3 is 2.68 bits per heavy atom. The first kappa shape index (κ1) is 16.1. The van der Waals surface area contributed by atoms with Crippen molar-refractivity contribution in [1.82, 2.24) is 5.32 Å². The Balaban J connectivity index is 1.43. The van der Waals surface area contributed by atoms with E-state index in [1.165, 1.54) is 5.56 Å². The standard InChI is InChI=1S/C20H23NO4/c1-22-16-4-2-14(3-5-16)18-8-9-21-11-15(18)12-23-17-6-7-19-20(10-17)25-13-24-19/h2-7,10,15,18,21H,8-9,11-13H2,1H3/t15-,18?/m0/s1. The molecule has 2 atom stereocenters. The van der Waals surface area contributed by atoms with Gasteiger partial charge in [-0.2, -0.15) is 0 Å². The lowest BCUT2D eigenvalue weighted by Gasteiger charge is -2.32. The molecule has 0 aromatic heterocycles. The molecule has 2 heterocycles. The van der Waals surface area contributed by atoms with Crippen LogP contribution in [0.3, 0.4) is 0 Å². The molecular weight excluding hydrogens is 318 g/mol. The highest BCUT2D eigenvalue weighted by molar-refractivity contribution is 5.46. The highest BCUT2D eigenvalue weighted by Crippen LogP contribution is 2.36. The third-order valence-corrected chi connectivity index (χ3v) is 4.96. The quantitative estimate of drug-likeness (QED) is 0.905. The second-order valence-corrected chi connectivity index (χ2v) is 6.46. The molecule has 0 radical (unpaired) electrons. The van der Waals surface area contributed by atoms with Crippen LogP contribution in [-0.4, -0.2) is 33.6 Å². The fourth-order valence-electron chi connectivity index (χ4n) is 3.56. The molecule has 2 aromatic rings. The molecule has 1 saturated heterocycles. The van der Waals surface area contributed by atoms with Gasteiger partial charge in [0.1, 0.15) is 11.5 Å². The molecule has 0 amide bonds. The predicted octanol–water partition coefficient (Wildman–Crippen LogP) is 3.20. The van der Waals surface area contributed by atoms with Crippen molar-refractivity contribution in [2.75, 3.05) is 33.6 Å². The van der Waals surface area contributed by atoms with Gasteiger partial charge in [0.2, 0.25) is 6.79 Å². The highest BCUT2D eigenvalue weighted by Gasteiger charge is 2.27. The lowest BCUT2D eigenvalue weighted by molar-refractivity contribution is 0.173. The molecule has 0 bridgehead atoms. The zero-order chi connectivity index (χ0) is 17.1. The van der Waals surface area contributed by atoms with E-state index in [2.05, 4.69) is 17.4 Å². The fourth-order valence-corrected chi connectivity index (χ4v) is 3.56. The van der Waals surface area contributed by atoms with E-state index in [0.717, 1.165) is 42.5 Å². The van der Waals surface area contributed by atoms with Crippen LogP contribution in [0.2, 0.25) is 0 Å². The van der Waals surface area contributed by atoms with Crippen LogP contribution in [0.5, 0.6) is 23.0 Å². The molecule has 1 unspecified atom stereocenters. The molecule has 0 aliphatic carbocycles. The van der Waals surface area contributed by atoms with Crippen LogP contribution < -0.4 is 24.3 Å². The van der Waals surface area contributed by atoms with Crippen molar-refractivity contribution >= 4 is 0 Å². The minimum Gasteiger partial charge on any atom is -0.497 e. The normalized spacial score (nSPS) is 21.8. The van der Waals surface area contributed by atoms with Gasteiger partial charge in [0, 0.05) is 18.5 Å². The van der Waals surface area contributed by atoms with Crippen LogP contribution in [-0.2, 0) is 0 Å². The lowest BCUT2D eigenvalue weighted by Crippen LogP contribution is -2.38. The molecule has 0 spiro atoms. The molecule has 25 heavy (non-hydrogen) atoms. The maximum absolute atomic E-state index is 6.07. The summed E-state index contributed by atoms with van der Waals surface area (Å²) >= 11 is 0. The highest BCUT2D eigenvalue weighted by atomic mass is 16.7. The molecule has 2 aromatic carbocycles. The van der Waals surface area contributed by atoms with Crippen molar-refractivity contribution in [1.29, 1.82) is 0 Å². The Morgan fingerprint density at radius 1 is 1.04 bits per heavy atom. The van der Waals surface area contributed by atoms with Gasteiger partial charge in [-0.25, -0.2) is 0 Å². The number of rotatable bonds is 5. The maximum Gasteiger partial charge on any atom is 0.231 e. The average Bonchev–Trinajstić information content (AvgIpc) is 3.14. The van der Waals surface area contributed by atoms with E-state index >= 15 is 0 Å². The molecule has 5 heteroatoms. The molecule has 0 saturated carbocycles. The molecule has 1 fully saturated rings. The molecule has 2 aliphatic rings. The molecule has 2 aliphatic heterocycles. The van der Waals surface area contributed by atoms with E-state index in [1.807, 2.05) is 30.3 Å². The van der Waals surface area contributed by atoms with Crippen molar-refractivity contribution in [3.8, 4) is 23.0 Å². The molecule has 132 valence electrons. The topological polar surface area (TPSA) is 49.0 Å². The summed E-state index contributed by atoms with van der Waals surface area (Å²) in [6.07, 6.45) is 1.11. The van der Waals surface area contributed by atoms with Gasteiger partial charge in [-0.3, -0.25) is 0 Å². The predicted molar refractivity (Wildman–Crippen MR) is 94.8 cm³/mol. The Hall–Kier alpha value is -2.40. The van der Waals surface area contributed by atoms with E-state index in [-0.39, 0.29) is 6.79 Å². The van der Waals surface area contributed by atoms with E-state index in [4.69, 9.17) is 18.9 Å². The second kappa shape index (κ2) is 7.23. The fraction of sp³-hybridized carbons (Fsp3) is 0.400. The first-order chi connectivity index (χ1) is 12.3. The summed E-state index contributed by atoms with van der Waals surface area (Å²) < 4.78 is 22.1. The maximum atomic E-state index is 6.07. The van der Waals surface area contributed by atoms with Gasteiger partial charge in [-0.15, -0.1) is 0 Å². The van der Waals surface area contributed by atoms with Crippen LogP contribution in [0.15, 0.2) is 42.5 Å². The minimum absolute atomic E-state index is 0.283. The Labute approximate surface area is 147 Å². The summed E-state index contributed by atoms with van der Waals surface area (Å²) in [7, 11) is 1.70. The van der Waals surface area contributed by atoms with Gasteiger partial charge in [0.15, 0.2) is 11.5 Å².